The van der Waals surface area contributed by atoms with Crippen LogP contribution in [0.1, 0.15) is 27.7 Å². The Morgan fingerprint density at radius 3 is 2.27 bits per heavy atom. The molecule has 5 rings (SSSR count). The number of rotatable bonds is 12. The van der Waals surface area contributed by atoms with Crippen LogP contribution in [0.4, 0.5) is 27.8 Å². The van der Waals surface area contributed by atoms with Gasteiger partial charge in [-0.3, -0.25) is 9.88 Å². The number of nitrogens with one attached hydrogen (secondary N) is 5. The number of fused-ring (bicyclic) bond motifs is 1. The highest BCUT2D eigenvalue weighted by molar-refractivity contribution is 7.66. The van der Waals surface area contributed by atoms with Crippen molar-refractivity contribution < 1.29 is 18.6 Å². The molecule has 0 bridgehead atoms. The number of benzene rings is 4. The molecule has 0 fully saturated rings. The van der Waals surface area contributed by atoms with Gasteiger partial charge in [-0.15, -0.1) is 0 Å². The predicted molar refractivity (Wildman–Crippen MR) is 198 cm³/mol. The molecular weight excluding hydrogens is 637 g/mol. The normalized spacial score (nSPS) is 12.9. The molecule has 0 radical (unpaired) electrons. The van der Waals surface area contributed by atoms with Crippen LogP contribution in [0.2, 0.25) is 0 Å². The molecule has 5 N–H and O–H groups in total. The van der Waals surface area contributed by atoms with Gasteiger partial charge in [-0.1, -0.05) is 63.2 Å². The van der Waals surface area contributed by atoms with Gasteiger partial charge in [0.05, 0.1) is 12.3 Å². The number of amides is 2. The zero-order valence-corrected chi connectivity index (χ0v) is 29.0. The number of carbonyl (C=O) groups excluding carboxylic acids is 1. The van der Waals surface area contributed by atoms with Crippen LogP contribution in [0.3, 0.4) is 0 Å². The first-order valence-electron chi connectivity index (χ1n) is 15.7. The molecule has 252 valence electrons. The average molecular weight is 678 g/mol. The Balaban J connectivity index is 1.34. The Kier molecular flexibility index (Phi) is 10.8. The van der Waals surface area contributed by atoms with Crippen LogP contribution in [0.25, 0.3) is 10.8 Å². The summed E-state index contributed by atoms with van der Waals surface area (Å²) in [5, 5.41) is 22.8. The molecule has 0 spiro atoms. The van der Waals surface area contributed by atoms with E-state index in [9.17, 15) is 9.36 Å². The monoisotopic (exact) mass is 677 g/mol. The van der Waals surface area contributed by atoms with E-state index < -0.39 is 18.8 Å². The molecule has 0 aliphatic heterocycles. The van der Waals surface area contributed by atoms with Gasteiger partial charge in [-0.05, 0) is 55.5 Å². The van der Waals surface area contributed by atoms with Gasteiger partial charge in [-0.25, -0.2) is 9.78 Å². The third-order valence-electron chi connectivity index (χ3n) is 7.34. The molecule has 0 aliphatic carbocycles. The zero-order valence-electron chi connectivity index (χ0n) is 28.1. The number of carbonyl (C=O) groups is 1. The van der Waals surface area contributed by atoms with Crippen molar-refractivity contribution in [3.05, 3.63) is 115 Å². The zero-order chi connectivity index (χ0) is 35.0. The molecule has 11 nitrogen and oxygen atoms in total. The van der Waals surface area contributed by atoms with Gasteiger partial charge in [0, 0.05) is 63.6 Å². The molecule has 12 heteroatoms. The molecule has 49 heavy (non-hydrogen) atoms. The van der Waals surface area contributed by atoms with Crippen molar-refractivity contribution >= 4 is 58.2 Å². The Morgan fingerprint density at radius 1 is 0.878 bits per heavy atom. The molecule has 2 amide bonds. The predicted octanol–water partition coefficient (Wildman–Crippen LogP) is 8.88. The summed E-state index contributed by atoms with van der Waals surface area (Å²) in [6.07, 6.45) is 3.20. The summed E-state index contributed by atoms with van der Waals surface area (Å²) in [5.41, 5.74) is 1.88. The summed E-state index contributed by atoms with van der Waals surface area (Å²) in [6.45, 7) is 9.48. The minimum absolute atomic E-state index is 0.294. The van der Waals surface area contributed by atoms with Gasteiger partial charge in [0.2, 0.25) is 19.2 Å². The first-order valence-corrected chi connectivity index (χ1v) is 17.8. The topological polar surface area (TPSA) is 150 Å². The fourth-order valence-corrected chi connectivity index (χ4v) is 6.06. The minimum atomic E-state index is -2.94. The SMILES string of the molecule is CCOP(C)(=O)c1ccc(N/C(=C\C(=N)C(C)(C)C)NC(=O)Nc2ccc(Oc3ccnc(Nc4ccccc4)n3)c3ccccc23)cc1. The van der Waals surface area contributed by atoms with E-state index in [4.69, 9.17) is 14.7 Å². The third kappa shape index (κ3) is 9.31. The summed E-state index contributed by atoms with van der Waals surface area (Å²) in [7, 11) is -2.94. The van der Waals surface area contributed by atoms with E-state index in [0.717, 1.165) is 16.5 Å². The smallest absolute Gasteiger partial charge is 0.324 e. The van der Waals surface area contributed by atoms with Crippen molar-refractivity contribution in [3.8, 4) is 11.6 Å². The lowest BCUT2D eigenvalue weighted by Crippen LogP contribution is -2.32. The minimum Gasteiger partial charge on any atom is -0.438 e. The standard InChI is InChI=1S/C37H40N7O4P/c1-6-47-49(5,46)27-18-16-26(17-19-27)40-33(24-32(38)37(2,3)4)43-36(45)42-30-20-21-31(29-15-11-10-14-28(29)30)48-34-22-23-39-35(44-34)41-25-12-8-7-9-13-25/h7-24,38,40H,6H2,1-5H3,(H,39,41,44)(H2,42,43,45)/b33-24+,38-32?. The van der Waals surface area contributed by atoms with Gasteiger partial charge in [0.1, 0.15) is 11.6 Å². The molecule has 4 aromatic carbocycles. The first-order chi connectivity index (χ1) is 23.4. The highest BCUT2D eigenvalue weighted by Gasteiger charge is 2.20. The second-order valence-electron chi connectivity index (χ2n) is 12.2. The van der Waals surface area contributed by atoms with Gasteiger partial charge in [0.25, 0.3) is 0 Å². The summed E-state index contributed by atoms with van der Waals surface area (Å²) in [5.74, 6) is 1.59. The Morgan fingerprint density at radius 2 is 1.57 bits per heavy atom. The number of urea groups is 1. The summed E-state index contributed by atoms with van der Waals surface area (Å²) in [6, 6.07) is 28.8. The molecule has 1 atom stereocenters. The third-order valence-corrected chi connectivity index (χ3v) is 9.33. The number of allylic oxidation sites excluding steroid dienone is 1. The molecule has 5 aromatic rings. The van der Waals surface area contributed by atoms with Crippen molar-refractivity contribution in [2.75, 3.05) is 29.2 Å². The van der Waals surface area contributed by atoms with Crippen molar-refractivity contribution in [2.45, 2.75) is 27.7 Å². The highest BCUT2D eigenvalue weighted by Crippen LogP contribution is 2.41. The molecular formula is C37H40N7O4P. The van der Waals surface area contributed by atoms with Crippen molar-refractivity contribution in [3.63, 3.8) is 0 Å². The van der Waals surface area contributed by atoms with E-state index in [2.05, 4.69) is 31.2 Å². The van der Waals surface area contributed by atoms with Gasteiger partial charge in [-0.2, -0.15) is 4.98 Å². The van der Waals surface area contributed by atoms with Crippen molar-refractivity contribution in [1.29, 1.82) is 5.41 Å². The largest absolute Gasteiger partial charge is 0.438 e. The second kappa shape index (κ2) is 15.1. The Labute approximate surface area is 286 Å². The Bertz CT molecular complexity index is 2030. The number of nitrogens with zero attached hydrogens (tertiary/aromatic N) is 2. The number of ether oxygens (including phenoxy) is 1. The fourth-order valence-electron chi connectivity index (χ4n) is 4.72. The number of anilines is 4. The average Bonchev–Trinajstić information content (AvgIpc) is 3.06. The van der Waals surface area contributed by atoms with Crippen molar-refractivity contribution in [2.24, 2.45) is 5.41 Å². The Hall–Kier alpha value is -5.51. The maximum atomic E-state index is 13.4. The number of hydrogen-bond acceptors (Lipinski definition) is 9. The summed E-state index contributed by atoms with van der Waals surface area (Å²) >= 11 is 0. The molecule has 1 aromatic heterocycles. The number of hydrogen-bond donors (Lipinski definition) is 5. The molecule has 0 aliphatic rings. The summed E-state index contributed by atoms with van der Waals surface area (Å²) < 4.78 is 24.5. The van der Waals surface area contributed by atoms with Gasteiger partial charge >= 0.3 is 6.03 Å². The van der Waals surface area contributed by atoms with E-state index in [1.54, 1.807) is 68.3 Å². The second-order valence-corrected chi connectivity index (χ2v) is 14.7. The maximum absolute atomic E-state index is 13.4. The van der Waals surface area contributed by atoms with Crippen LogP contribution >= 0.6 is 7.37 Å². The maximum Gasteiger partial charge on any atom is 0.324 e. The fraction of sp³-hybridized carbons (Fsp3) is 0.189. The van der Waals surface area contributed by atoms with Crippen LogP contribution in [-0.4, -0.2) is 35.0 Å². The molecule has 0 saturated heterocycles. The quantitative estimate of drug-likeness (QED) is 0.0649. The number of para-hydroxylation sites is 1. The van der Waals surface area contributed by atoms with Crippen LogP contribution in [0.5, 0.6) is 11.6 Å². The van der Waals surface area contributed by atoms with Crippen LogP contribution < -0.4 is 31.3 Å². The van der Waals surface area contributed by atoms with Gasteiger partial charge < -0.3 is 30.6 Å². The lowest BCUT2D eigenvalue weighted by atomic mass is 9.90. The van der Waals surface area contributed by atoms with E-state index in [1.807, 2.05) is 75.4 Å². The molecule has 1 heterocycles. The molecule has 0 saturated carbocycles. The first kappa shape index (κ1) is 34.8. The number of aromatic nitrogens is 2. The van der Waals surface area contributed by atoms with E-state index in [-0.39, 0.29) is 0 Å². The summed E-state index contributed by atoms with van der Waals surface area (Å²) in [4.78, 5) is 22.2. The lowest BCUT2D eigenvalue weighted by Gasteiger charge is -2.20. The highest BCUT2D eigenvalue weighted by atomic mass is 31.2. The van der Waals surface area contributed by atoms with Crippen LogP contribution in [0, 0.1) is 10.8 Å². The van der Waals surface area contributed by atoms with Crippen molar-refractivity contribution in [1.82, 2.24) is 15.3 Å². The van der Waals surface area contributed by atoms with Gasteiger partial charge in [0.15, 0.2) is 0 Å². The van der Waals surface area contributed by atoms with E-state index >= 15 is 0 Å². The van der Waals surface area contributed by atoms with E-state index in [0.29, 0.717) is 52.4 Å². The lowest BCUT2D eigenvalue weighted by molar-refractivity contribution is 0.254. The van der Waals surface area contributed by atoms with Crippen LogP contribution in [-0.2, 0) is 9.09 Å². The molecule has 1 unspecified atom stereocenters. The van der Waals surface area contributed by atoms with Crippen LogP contribution in [0.15, 0.2) is 115 Å². The van der Waals surface area contributed by atoms with E-state index in [1.165, 1.54) is 0 Å².